The number of hydrogen-bond donors (Lipinski definition) is 0. The molecule has 0 radical (unpaired) electrons. The van der Waals surface area contributed by atoms with E-state index in [1.54, 1.807) is 7.11 Å². The summed E-state index contributed by atoms with van der Waals surface area (Å²) in [7, 11) is 1.63. The third-order valence-electron chi connectivity index (χ3n) is 3.79. The number of amides is 1. The zero-order valence-electron chi connectivity index (χ0n) is 11.1. The SMILES string of the molecule is COc1cc2c(cc1C)[C@H]1OC(=O)C(=O)N1[C@@H](C)C2. The highest BCUT2D eigenvalue weighted by atomic mass is 16.6. The van der Waals surface area contributed by atoms with Crippen molar-refractivity contribution in [3.05, 3.63) is 28.8 Å². The summed E-state index contributed by atoms with van der Waals surface area (Å²) < 4.78 is 10.5. The number of methoxy groups -OCH3 is 1. The van der Waals surface area contributed by atoms with Gasteiger partial charge in [0.1, 0.15) is 5.75 Å². The molecule has 0 unspecified atom stereocenters. The van der Waals surface area contributed by atoms with Gasteiger partial charge < -0.3 is 9.47 Å². The molecule has 1 saturated heterocycles. The van der Waals surface area contributed by atoms with E-state index >= 15 is 0 Å². The summed E-state index contributed by atoms with van der Waals surface area (Å²) >= 11 is 0. The van der Waals surface area contributed by atoms with Gasteiger partial charge in [-0.3, -0.25) is 9.69 Å². The third-order valence-corrected chi connectivity index (χ3v) is 3.79. The number of aryl methyl sites for hydroxylation is 1. The number of rotatable bonds is 1. The highest BCUT2D eigenvalue weighted by Gasteiger charge is 2.47. The Hall–Kier alpha value is -2.04. The average Bonchev–Trinajstić information content (AvgIpc) is 2.67. The van der Waals surface area contributed by atoms with Crippen LogP contribution in [-0.4, -0.2) is 29.9 Å². The molecule has 1 fully saturated rings. The van der Waals surface area contributed by atoms with E-state index in [-0.39, 0.29) is 6.04 Å². The van der Waals surface area contributed by atoms with E-state index in [0.29, 0.717) is 6.42 Å². The number of esters is 1. The van der Waals surface area contributed by atoms with Gasteiger partial charge in [-0.15, -0.1) is 0 Å². The van der Waals surface area contributed by atoms with E-state index < -0.39 is 18.1 Å². The number of benzene rings is 1. The Morgan fingerprint density at radius 2 is 2.11 bits per heavy atom. The van der Waals surface area contributed by atoms with Crippen molar-refractivity contribution < 1.29 is 19.1 Å². The van der Waals surface area contributed by atoms with Gasteiger partial charge in [-0.1, -0.05) is 0 Å². The highest BCUT2D eigenvalue weighted by molar-refractivity contribution is 6.34. The van der Waals surface area contributed by atoms with E-state index in [2.05, 4.69) is 0 Å². The van der Waals surface area contributed by atoms with Crippen LogP contribution in [0.25, 0.3) is 0 Å². The van der Waals surface area contributed by atoms with Gasteiger partial charge in [0.05, 0.1) is 7.11 Å². The van der Waals surface area contributed by atoms with Gasteiger partial charge in [0.2, 0.25) is 6.23 Å². The first-order valence-electron chi connectivity index (χ1n) is 6.23. The molecule has 1 amide bonds. The molecule has 3 rings (SSSR count). The molecule has 0 aliphatic carbocycles. The molecule has 0 bridgehead atoms. The van der Waals surface area contributed by atoms with Crippen molar-refractivity contribution in [2.24, 2.45) is 0 Å². The number of nitrogens with zero attached hydrogens (tertiary/aromatic N) is 1. The minimum atomic E-state index is -0.766. The lowest BCUT2D eigenvalue weighted by molar-refractivity contribution is -0.149. The van der Waals surface area contributed by atoms with Crippen LogP contribution in [0.4, 0.5) is 0 Å². The Bertz CT molecular complexity index is 581. The van der Waals surface area contributed by atoms with Crippen molar-refractivity contribution in [1.29, 1.82) is 0 Å². The normalized spacial score (nSPS) is 24.9. The largest absolute Gasteiger partial charge is 0.496 e. The number of carbonyl (C=O) groups is 2. The second kappa shape index (κ2) is 3.98. The summed E-state index contributed by atoms with van der Waals surface area (Å²) in [6, 6.07) is 3.85. The Morgan fingerprint density at radius 1 is 1.37 bits per heavy atom. The maximum absolute atomic E-state index is 11.8. The molecule has 2 heterocycles. The van der Waals surface area contributed by atoms with Crippen molar-refractivity contribution in [3.8, 4) is 5.75 Å². The molecular weight excluding hydrogens is 246 g/mol. The monoisotopic (exact) mass is 261 g/mol. The van der Waals surface area contributed by atoms with E-state index in [1.807, 2.05) is 26.0 Å². The summed E-state index contributed by atoms with van der Waals surface area (Å²) in [5.41, 5.74) is 2.92. The van der Waals surface area contributed by atoms with Crippen molar-refractivity contribution in [3.63, 3.8) is 0 Å². The molecule has 0 saturated carbocycles. The van der Waals surface area contributed by atoms with Crippen LogP contribution < -0.4 is 4.74 Å². The smallest absolute Gasteiger partial charge is 0.399 e. The summed E-state index contributed by atoms with van der Waals surface area (Å²) in [4.78, 5) is 24.8. The van der Waals surface area contributed by atoms with Crippen LogP contribution in [0, 0.1) is 6.92 Å². The minimum Gasteiger partial charge on any atom is -0.496 e. The molecule has 0 spiro atoms. The van der Waals surface area contributed by atoms with E-state index in [1.165, 1.54) is 4.90 Å². The predicted octanol–water partition coefficient (Wildman–Crippen LogP) is 1.33. The van der Waals surface area contributed by atoms with Crippen LogP contribution in [0.15, 0.2) is 12.1 Å². The van der Waals surface area contributed by atoms with Crippen LogP contribution in [-0.2, 0) is 20.7 Å². The first kappa shape index (κ1) is 12.0. The minimum absolute atomic E-state index is 0.0520. The molecule has 2 aliphatic rings. The van der Waals surface area contributed by atoms with E-state index in [0.717, 1.165) is 22.4 Å². The molecule has 100 valence electrons. The van der Waals surface area contributed by atoms with E-state index in [4.69, 9.17) is 9.47 Å². The lowest BCUT2D eigenvalue weighted by Gasteiger charge is -2.35. The summed E-state index contributed by atoms with van der Waals surface area (Å²) in [5, 5.41) is 0. The Balaban J connectivity index is 2.12. The van der Waals surface area contributed by atoms with Gasteiger partial charge in [0, 0.05) is 11.6 Å². The van der Waals surface area contributed by atoms with Gasteiger partial charge in [0.15, 0.2) is 0 Å². The maximum atomic E-state index is 11.8. The van der Waals surface area contributed by atoms with Gasteiger partial charge in [0.25, 0.3) is 0 Å². The third kappa shape index (κ3) is 1.61. The maximum Gasteiger partial charge on any atom is 0.399 e. The summed E-state index contributed by atoms with van der Waals surface area (Å²) in [6.45, 7) is 3.85. The van der Waals surface area contributed by atoms with Crippen LogP contribution in [0.5, 0.6) is 5.75 Å². The van der Waals surface area contributed by atoms with Crippen LogP contribution in [0.2, 0.25) is 0 Å². The topological polar surface area (TPSA) is 55.8 Å². The number of ether oxygens (including phenoxy) is 2. The van der Waals surface area contributed by atoms with Crippen molar-refractivity contribution in [1.82, 2.24) is 4.90 Å². The van der Waals surface area contributed by atoms with Gasteiger partial charge in [-0.05, 0) is 43.5 Å². The number of hydrogen-bond acceptors (Lipinski definition) is 4. The molecule has 1 aromatic rings. The summed E-state index contributed by atoms with van der Waals surface area (Å²) in [6.07, 6.45) is 0.119. The summed E-state index contributed by atoms with van der Waals surface area (Å²) in [5.74, 6) is -0.496. The van der Waals surface area contributed by atoms with Crippen molar-refractivity contribution in [2.45, 2.75) is 32.5 Å². The van der Waals surface area contributed by atoms with Gasteiger partial charge in [-0.2, -0.15) is 0 Å². The average molecular weight is 261 g/mol. The molecule has 5 heteroatoms. The van der Waals surface area contributed by atoms with Crippen LogP contribution in [0.3, 0.4) is 0 Å². The van der Waals surface area contributed by atoms with E-state index in [9.17, 15) is 9.59 Å². The van der Waals surface area contributed by atoms with Gasteiger partial charge >= 0.3 is 11.9 Å². The lowest BCUT2D eigenvalue weighted by Crippen LogP contribution is -2.42. The Morgan fingerprint density at radius 3 is 2.79 bits per heavy atom. The predicted molar refractivity (Wildman–Crippen MR) is 66.6 cm³/mol. The molecule has 0 N–H and O–H groups in total. The van der Waals surface area contributed by atoms with Crippen molar-refractivity contribution in [2.75, 3.05) is 7.11 Å². The molecule has 1 aromatic carbocycles. The zero-order chi connectivity index (χ0) is 13.7. The fourth-order valence-electron chi connectivity index (χ4n) is 2.86. The molecule has 2 atom stereocenters. The first-order valence-corrected chi connectivity index (χ1v) is 6.23. The quantitative estimate of drug-likeness (QED) is 0.565. The number of carbonyl (C=O) groups excluding carboxylic acids is 2. The first-order chi connectivity index (χ1) is 9.02. The molecule has 19 heavy (non-hydrogen) atoms. The van der Waals surface area contributed by atoms with Crippen LogP contribution in [0.1, 0.15) is 29.8 Å². The Labute approximate surface area is 111 Å². The van der Waals surface area contributed by atoms with Crippen LogP contribution >= 0.6 is 0 Å². The molecular formula is C14H15NO4. The lowest BCUT2D eigenvalue weighted by atomic mass is 9.92. The molecule has 2 aliphatic heterocycles. The molecule has 5 nitrogen and oxygen atoms in total. The highest BCUT2D eigenvalue weighted by Crippen LogP contribution is 2.40. The fourth-order valence-corrected chi connectivity index (χ4v) is 2.86. The zero-order valence-corrected chi connectivity index (χ0v) is 11.1. The second-order valence-corrected chi connectivity index (χ2v) is 5.04. The second-order valence-electron chi connectivity index (χ2n) is 5.04. The van der Waals surface area contributed by atoms with Gasteiger partial charge in [-0.25, -0.2) is 4.79 Å². The fraction of sp³-hybridized carbons (Fsp3) is 0.429. The standard InChI is InChI=1S/C14H15NO4/c1-7-4-10-9(6-11(7)18-3)5-8(2)15-12(16)14(17)19-13(10)15/h4,6,8,13H,5H2,1-3H3/t8-,13+/m0/s1. The number of fused-ring (bicyclic) bond motifs is 3. The van der Waals surface area contributed by atoms with Crippen molar-refractivity contribution >= 4 is 11.9 Å². The Kier molecular flexibility index (Phi) is 2.52. The molecule has 0 aromatic heterocycles.